The highest BCUT2D eigenvalue weighted by atomic mass is 32.2. The molecule has 0 amide bonds. The third-order valence-electron chi connectivity index (χ3n) is 1.08. The molecule has 0 aromatic carbocycles. The van der Waals surface area contributed by atoms with Gasteiger partial charge in [-0.15, -0.1) is 0 Å². The van der Waals surface area contributed by atoms with Crippen LogP contribution >= 0.6 is 0 Å². The highest BCUT2D eigenvalue weighted by Gasteiger charge is 2.25. The first kappa shape index (κ1) is 11.5. The molecule has 0 aliphatic rings. The Bertz CT molecular complexity index is 190. The maximum absolute atomic E-state index is 11.3. The van der Waals surface area contributed by atoms with Gasteiger partial charge in [0.1, 0.15) is 16.1 Å². The van der Waals surface area contributed by atoms with E-state index in [-0.39, 0.29) is 4.75 Å². The molecule has 0 saturated heterocycles. The maximum Gasteiger partial charge on any atom is 0.144 e. The van der Waals surface area contributed by atoms with Crippen LogP contribution < -0.4 is 0 Å². The zero-order chi connectivity index (χ0) is 9.61. The Labute approximate surface area is 76.8 Å². The topological polar surface area (TPSA) is 59.2 Å². The van der Waals surface area contributed by atoms with Crippen molar-refractivity contribution in [3.8, 4) is 6.07 Å². The summed E-state index contributed by atoms with van der Waals surface area (Å²) in [5.74, 6) is 0. The molecule has 0 saturated carbocycles. The largest absolute Gasteiger partial charge is 0.591 e. The summed E-state index contributed by atoms with van der Waals surface area (Å²) in [4.78, 5) is 0. The van der Waals surface area contributed by atoms with Gasteiger partial charge in [0.2, 0.25) is 0 Å². The van der Waals surface area contributed by atoms with Gasteiger partial charge in [0, 0.05) is 12.8 Å². The van der Waals surface area contributed by atoms with Crippen molar-refractivity contribution in [3.63, 3.8) is 0 Å². The Morgan fingerprint density at radius 3 is 2.58 bits per heavy atom. The van der Waals surface area contributed by atoms with Crippen LogP contribution in [0.3, 0.4) is 0 Å². The molecule has 3 nitrogen and oxygen atoms in total. The molecule has 0 aromatic rings. The Kier molecular flexibility index (Phi) is 4.95. The Hall–Kier alpha value is -0.530. The van der Waals surface area contributed by atoms with Crippen molar-refractivity contribution >= 4 is 17.6 Å². The second-order valence-electron chi connectivity index (χ2n) is 3.35. The summed E-state index contributed by atoms with van der Waals surface area (Å²) in [6.45, 7) is 5.60. The lowest BCUT2D eigenvalue weighted by atomic mass is 10.3. The molecular formula is C8H14N2OS. The van der Waals surface area contributed by atoms with E-state index in [1.54, 1.807) is 6.21 Å². The highest BCUT2D eigenvalue weighted by Crippen LogP contribution is 2.16. The molecule has 0 aromatic heterocycles. The minimum absolute atomic E-state index is 0.302. The molecule has 0 heterocycles. The molecule has 0 N–H and O–H groups in total. The van der Waals surface area contributed by atoms with Crippen molar-refractivity contribution in [1.29, 1.82) is 5.26 Å². The predicted molar refractivity (Wildman–Crippen MR) is 51.2 cm³/mol. The van der Waals surface area contributed by atoms with Crippen LogP contribution in [0.25, 0.3) is 0 Å². The fourth-order valence-corrected chi connectivity index (χ4v) is 0.965. The predicted octanol–water partition coefficient (Wildman–Crippen LogP) is 1.82. The van der Waals surface area contributed by atoms with E-state index < -0.39 is 11.4 Å². The normalized spacial score (nSPS) is 14.6. The van der Waals surface area contributed by atoms with E-state index in [2.05, 4.69) is 4.40 Å². The Morgan fingerprint density at radius 1 is 1.58 bits per heavy atom. The highest BCUT2D eigenvalue weighted by molar-refractivity contribution is 7.91. The van der Waals surface area contributed by atoms with E-state index in [1.165, 1.54) is 0 Å². The van der Waals surface area contributed by atoms with Crippen LogP contribution in [0, 0.1) is 11.3 Å². The first-order valence-corrected chi connectivity index (χ1v) is 4.90. The van der Waals surface area contributed by atoms with Gasteiger partial charge in [0.25, 0.3) is 0 Å². The lowest BCUT2D eigenvalue weighted by Crippen LogP contribution is -2.25. The van der Waals surface area contributed by atoms with Gasteiger partial charge in [0.15, 0.2) is 0 Å². The monoisotopic (exact) mass is 186 g/mol. The number of nitrogens with zero attached hydrogens (tertiary/aromatic N) is 2. The summed E-state index contributed by atoms with van der Waals surface area (Å²) in [5.41, 5.74) is 0. The maximum atomic E-state index is 11.3. The molecule has 0 radical (unpaired) electrons. The molecule has 12 heavy (non-hydrogen) atoms. The van der Waals surface area contributed by atoms with Crippen LogP contribution in [-0.2, 0) is 11.4 Å². The molecule has 0 fully saturated rings. The van der Waals surface area contributed by atoms with Gasteiger partial charge < -0.3 is 4.55 Å². The van der Waals surface area contributed by atoms with E-state index in [0.717, 1.165) is 0 Å². The van der Waals surface area contributed by atoms with Crippen LogP contribution in [0.4, 0.5) is 0 Å². The summed E-state index contributed by atoms with van der Waals surface area (Å²) in [7, 11) is 0. The zero-order valence-electron chi connectivity index (χ0n) is 7.70. The van der Waals surface area contributed by atoms with Gasteiger partial charge in [-0.3, -0.25) is 0 Å². The third-order valence-corrected chi connectivity index (χ3v) is 2.47. The second kappa shape index (κ2) is 5.18. The minimum atomic E-state index is -1.18. The molecule has 0 aliphatic carbocycles. The van der Waals surface area contributed by atoms with Gasteiger partial charge in [-0.05, 0) is 20.8 Å². The lowest BCUT2D eigenvalue weighted by Gasteiger charge is -2.17. The third kappa shape index (κ3) is 5.16. The molecular weight excluding hydrogens is 172 g/mol. The SMILES string of the molecule is CC(C)(C)[S@@+]([O-])/N=C/CCC#N. The first-order valence-electron chi connectivity index (χ1n) is 3.80. The van der Waals surface area contributed by atoms with E-state index in [0.29, 0.717) is 12.8 Å². The Balaban J connectivity index is 3.77. The number of nitriles is 1. The van der Waals surface area contributed by atoms with E-state index in [4.69, 9.17) is 5.26 Å². The number of rotatable bonds is 3. The zero-order valence-corrected chi connectivity index (χ0v) is 8.52. The van der Waals surface area contributed by atoms with Gasteiger partial charge in [-0.25, -0.2) is 0 Å². The molecule has 0 rings (SSSR count). The number of unbranched alkanes of at least 4 members (excludes halogenated alkanes) is 1. The van der Waals surface area contributed by atoms with Crippen molar-refractivity contribution in [1.82, 2.24) is 0 Å². The summed E-state index contributed by atoms with van der Waals surface area (Å²) in [6.07, 6.45) is 2.58. The molecule has 0 spiro atoms. The average Bonchev–Trinajstić information content (AvgIpc) is 1.96. The molecule has 0 bridgehead atoms. The van der Waals surface area contributed by atoms with Crippen LogP contribution in [0.2, 0.25) is 0 Å². The number of hydrogen-bond donors (Lipinski definition) is 0. The smallest absolute Gasteiger partial charge is 0.144 e. The second-order valence-corrected chi connectivity index (χ2v) is 5.28. The van der Waals surface area contributed by atoms with Crippen molar-refractivity contribution in [2.24, 2.45) is 4.40 Å². The summed E-state index contributed by atoms with van der Waals surface area (Å²) in [5, 5.41) is 8.20. The lowest BCUT2D eigenvalue weighted by molar-refractivity contribution is 0.561. The summed E-state index contributed by atoms with van der Waals surface area (Å²) in [6, 6.07) is 1.99. The van der Waals surface area contributed by atoms with Crippen molar-refractivity contribution < 1.29 is 4.55 Å². The van der Waals surface area contributed by atoms with Gasteiger partial charge in [0.05, 0.1) is 12.3 Å². The van der Waals surface area contributed by atoms with Crippen molar-refractivity contribution in [3.05, 3.63) is 0 Å². The fourth-order valence-electron chi connectivity index (χ4n) is 0.408. The quantitative estimate of drug-likeness (QED) is 0.383. The first-order chi connectivity index (χ1) is 5.48. The van der Waals surface area contributed by atoms with Gasteiger partial charge >= 0.3 is 0 Å². The van der Waals surface area contributed by atoms with Gasteiger partial charge in [-0.1, -0.05) is 4.40 Å². The average molecular weight is 186 g/mol. The molecule has 4 heteroatoms. The molecule has 0 unspecified atom stereocenters. The standard InChI is InChI=1S/C8H14N2OS/c1-8(2,3)12(11)10-7-5-4-6-9/h7H,4-5H2,1-3H3/b10-7+/t12-/m1/s1. The van der Waals surface area contributed by atoms with Crippen LogP contribution in [0.15, 0.2) is 4.40 Å². The summed E-state index contributed by atoms with van der Waals surface area (Å²) < 4.78 is 14.8. The van der Waals surface area contributed by atoms with Crippen LogP contribution in [0.5, 0.6) is 0 Å². The van der Waals surface area contributed by atoms with Gasteiger partial charge in [-0.2, -0.15) is 5.26 Å². The minimum Gasteiger partial charge on any atom is -0.591 e. The molecule has 68 valence electrons. The van der Waals surface area contributed by atoms with Crippen molar-refractivity contribution in [2.45, 2.75) is 38.4 Å². The van der Waals surface area contributed by atoms with Crippen LogP contribution in [-0.4, -0.2) is 15.5 Å². The van der Waals surface area contributed by atoms with Crippen molar-refractivity contribution in [2.75, 3.05) is 0 Å². The van der Waals surface area contributed by atoms with E-state index in [1.807, 2.05) is 26.8 Å². The molecule has 1 atom stereocenters. The number of hydrogen-bond acceptors (Lipinski definition) is 3. The fraction of sp³-hybridized carbons (Fsp3) is 0.750. The van der Waals surface area contributed by atoms with E-state index >= 15 is 0 Å². The summed E-state index contributed by atoms with van der Waals surface area (Å²) >= 11 is -1.18. The van der Waals surface area contributed by atoms with E-state index in [9.17, 15) is 4.55 Å². The van der Waals surface area contributed by atoms with Crippen LogP contribution in [0.1, 0.15) is 33.6 Å². The molecule has 0 aliphatic heterocycles. The Morgan fingerprint density at radius 2 is 2.17 bits per heavy atom.